The number of hydrogen-bond acceptors (Lipinski definition) is 4. The van der Waals surface area contributed by atoms with Crippen LogP contribution in [0.25, 0.3) is 0 Å². The highest BCUT2D eigenvalue weighted by Gasteiger charge is 2.48. The summed E-state index contributed by atoms with van der Waals surface area (Å²) in [7, 11) is 0. The average Bonchev–Trinajstić information content (AvgIpc) is 2.87. The van der Waals surface area contributed by atoms with Crippen LogP contribution in [0.5, 0.6) is 0 Å². The molecule has 2 aliphatic heterocycles. The Balaban J connectivity index is 1.79. The highest BCUT2D eigenvalue weighted by molar-refractivity contribution is 7.99. The molecular weight excluding hydrogens is 276 g/mol. The largest absolute Gasteiger partial charge is 0.480 e. The highest BCUT2D eigenvalue weighted by atomic mass is 32.2. The second-order valence-electron chi connectivity index (χ2n) is 6.03. The van der Waals surface area contributed by atoms with Crippen LogP contribution in [0, 0.1) is 5.92 Å². The van der Waals surface area contributed by atoms with Gasteiger partial charge in [0.1, 0.15) is 6.04 Å². The van der Waals surface area contributed by atoms with Crippen molar-refractivity contribution in [2.24, 2.45) is 5.92 Å². The second kappa shape index (κ2) is 5.93. The predicted molar refractivity (Wildman–Crippen MR) is 77.7 cm³/mol. The van der Waals surface area contributed by atoms with Gasteiger partial charge >= 0.3 is 5.97 Å². The number of amides is 1. The Bertz CT molecular complexity index is 398. The van der Waals surface area contributed by atoms with Crippen LogP contribution in [0.15, 0.2) is 0 Å². The summed E-state index contributed by atoms with van der Waals surface area (Å²) in [5.74, 6) is 1.36. The molecular formula is C14H22N2O3S. The van der Waals surface area contributed by atoms with E-state index in [9.17, 15) is 14.7 Å². The van der Waals surface area contributed by atoms with Crippen molar-refractivity contribution < 1.29 is 14.7 Å². The van der Waals surface area contributed by atoms with Gasteiger partial charge in [-0.15, -0.1) is 0 Å². The summed E-state index contributed by atoms with van der Waals surface area (Å²) in [5.41, 5.74) is 0. The molecule has 0 spiro atoms. The quantitative estimate of drug-likeness (QED) is 0.794. The molecule has 0 aromatic rings. The third-order valence-electron chi connectivity index (χ3n) is 4.85. The maximum Gasteiger partial charge on any atom is 0.326 e. The van der Waals surface area contributed by atoms with Crippen molar-refractivity contribution >= 4 is 23.6 Å². The first-order chi connectivity index (χ1) is 9.68. The van der Waals surface area contributed by atoms with Gasteiger partial charge < -0.3 is 15.3 Å². The smallest absolute Gasteiger partial charge is 0.326 e. The van der Waals surface area contributed by atoms with E-state index in [1.807, 2.05) is 0 Å². The molecule has 1 aliphatic carbocycles. The Kier molecular flexibility index (Phi) is 4.21. The van der Waals surface area contributed by atoms with Gasteiger partial charge in [-0.2, -0.15) is 11.8 Å². The van der Waals surface area contributed by atoms with Crippen LogP contribution in [0.3, 0.4) is 0 Å². The normalized spacial score (nSPS) is 37.5. The minimum atomic E-state index is -0.837. The lowest BCUT2D eigenvalue weighted by molar-refractivity contribution is -0.150. The fourth-order valence-electron chi connectivity index (χ4n) is 3.90. The lowest BCUT2D eigenvalue weighted by Gasteiger charge is -2.36. The fraction of sp³-hybridized carbons (Fsp3) is 0.857. The van der Waals surface area contributed by atoms with Crippen molar-refractivity contribution in [1.82, 2.24) is 10.2 Å². The zero-order valence-corrected chi connectivity index (χ0v) is 12.4. The topological polar surface area (TPSA) is 69.6 Å². The number of nitrogens with zero attached hydrogens (tertiary/aromatic N) is 1. The number of aliphatic carboxylic acids is 1. The molecule has 2 heterocycles. The lowest BCUT2D eigenvalue weighted by Crippen LogP contribution is -2.56. The molecule has 2 saturated heterocycles. The molecule has 3 rings (SSSR count). The van der Waals surface area contributed by atoms with Gasteiger partial charge in [0.25, 0.3) is 0 Å². The summed E-state index contributed by atoms with van der Waals surface area (Å²) in [6.07, 6.45) is 4.98. The Morgan fingerprint density at radius 3 is 2.75 bits per heavy atom. The number of fused-ring (bicyclic) bond motifs is 1. The second-order valence-corrected chi connectivity index (χ2v) is 7.18. The third-order valence-corrected chi connectivity index (χ3v) is 5.91. The summed E-state index contributed by atoms with van der Waals surface area (Å²) in [6, 6.07) is -0.647. The van der Waals surface area contributed by atoms with Crippen LogP contribution in [0.4, 0.5) is 0 Å². The highest BCUT2D eigenvalue weighted by Crippen LogP contribution is 2.40. The maximum atomic E-state index is 12.8. The van der Waals surface area contributed by atoms with Crippen molar-refractivity contribution in [3.05, 3.63) is 0 Å². The van der Waals surface area contributed by atoms with Crippen LogP contribution in [-0.4, -0.2) is 58.1 Å². The minimum Gasteiger partial charge on any atom is -0.480 e. The number of nitrogens with one attached hydrogen (secondary N) is 1. The van der Waals surface area contributed by atoms with Crippen molar-refractivity contribution in [2.45, 2.75) is 50.2 Å². The summed E-state index contributed by atoms with van der Waals surface area (Å²) in [5, 5.41) is 12.7. The maximum absolute atomic E-state index is 12.8. The molecule has 112 valence electrons. The molecule has 4 unspecified atom stereocenters. The van der Waals surface area contributed by atoms with Gasteiger partial charge in [-0.05, 0) is 25.2 Å². The van der Waals surface area contributed by atoms with E-state index in [4.69, 9.17) is 0 Å². The monoisotopic (exact) mass is 298 g/mol. The molecule has 3 fully saturated rings. The Labute approximate surface area is 123 Å². The molecule has 6 heteroatoms. The van der Waals surface area contributed by atoms with Gasteiger partial charge in [-0.3, -0.25) is 4.79 Å². The van der Waals surface area contributed by atoms with Crippen molar-refractivity contribution in [1.29, 1.82) is 0 Å². The van der Waals surface area contributed by atoms with Crippen LogP contribution < -0.4 is 5.32 Å². The fourth-order valence-corrected chi connectivity index (χ4v) is 4.83. The molecule has 1 amide bonds. The first-order valence-electron chi connectivity index (χ1n) is 7.54. The number of rotatable bonds is 2. The van der Waals surface area contributed by atoms with E-state index in [0.717, 1.165) is 37.3 Å². The molecule has 20 heavy (non-hydrogen) atoms. The molecule has 4 atom stereocenters. The summed E-state index contributed by atoms with van der Waals surface area (Å²) in [4.78, 5) is 26.0. The number of thioether (sulfide) groups is 1. The molecule has 2 N–H and O–H groups in total. The number of hydrogen-bond donors (Lipinski definition) is 2. The van der Waals surface area contributed by atoms with Crippen LogP contribution in [0.2, 0.25) is 0 Å². The van der Waals surface area contributed by atoms with E-state index in [1.54, 1.807) is 16.7 Å². The predicted octanol–water partition coefficient (Wildman–Crippen LogP) is 0.936. The van der Waals surface area contributed by atoms with E-state index in [-0.39, 0.29) is 18.0 Å². The zero-order chi connectivity index (χ0) is 14.1. The number of likely N-dealkylation sites (tertiary alicyclic amines) is 1. The van der Waals surface area contributed by atoms with Gasteiger partial charge in [0.05, 0.1) is 6.04 Å². The van der Waals surface area contributed by atoms with E-state index in [1.165, 1.54) is 6.42 Å². The molecule has 1 saturated carbocycles. The van der Waals surface area contributed by atoms with Crippen molar-refractivity contribution in [3.8, 4) is 0 Å². The molecule has 3 aliphatic rings. The first kappa shape index (κ1) is 14.2. The average molecular weight is 298 g/mol. The van der Waals surface area contributed by atoms with Gasteiger partial charge in [-0.25, -0.2) is 4.79 Å². The molecule has 0 bridgehead atoms. The molecule has 0 aromatic carbocycles. The summed E-state index contributed by atoms with van der Waals surface area (Å²) < 4.78 is 0. The van der Waals surface area contributed by atoms with Gasteiger partial charge in [0.15, 0.2) is 0 Å². The number of carboxylic acids is 1. The molecule has 0 radical (unpaired) electrons. The third kappa shape index (κ3) is 2.55. The zero-order valence-electron chi connectivity index (χ0n) is 11.6. The van der Waals surface area contributed by atoms with Crippen LogP contribution in [0.1, 0.15) is 32.1 Å². The number of carboxylic acid groups (broad SMARTS) is 1. The van der Waals surface area contributed by atoms with E-state index >= 15 is 0 Å². The molecule has 5 nitrogen and oxygen atoms in total. The van der Waals surface area contributed by atoms with Crippen molar-refractivity contribution in [3.63, 3.8) is 0 Å². The Hall–Kier alpha value is -0.750. The number of carbonyl (C=O) groups is 2. The van der Waals surface area contributed by atoms with Gasteiger partial charge in [-0.1, -0.05) is 12.8 Å². The van der Waals surface area contributed by atoms with Crippen LogP contribution in [-0.2, 0) is 9.59 Å². The van der Waals surface area contributed by atoms with E-state index < -0.39 is 12.0 Å². The van der Waals surface area contributed by atoms with Gasteiger partial charge in [0, 0.05) is 24.1 Å². The van der Waals surface area contributed by atoms with Crippen LogP contribution >= 0.6 is 11.8 Å². The standard InChI is InChI=1S/C14H22N2O3S/c17-13(10-8-20-6-5-15-10)16-11-4-2-1-3-9(11)7-12(16)14(18)19/h9-12,15H,1-8H2,(H,18,19). The Morgan fingerprint density at radius 1 is 1.25 bits per heavy atom. The SMILES string of the molecule is O=C(O)C1CC2CCCCC2N1C(=O)C1CSCCN1. The van der Waals surface area contributed by atoms with E-state index in [2.05, 4.69) is 5.32 Å². The number of carbonyl (C=O) groups excluding carboxylic acids is 1. The van der Waals surface area contributed by atoms with E-state index in [0.29, 0.717) is 12.3 Å². The minimum absolute atomic E-state index is 0.0130. The summed E-state index contributed by atoms with van der Waals surface area (Å²) in [6.45, 7) is 0.834. The molecule has 0 aromatic heterocycles. The first-order valence-corrected chi connectivity index (χ1v) is 8.70. The van der Waals surface area contributed by atoms with Gasteiger partial charge in [0.2, 0.25) is 5.91 Å². The Morgan fingerprint density at radius 2 is 2.05 bits per heavy atom. The van der Waals surface area contributed by atoms with Crippen molar-refractivity contribution in [2.75, 3.05) is 18.1 Å². The summed E-state index contributed by atoms with van der Waals surface area (Å²) >= 11 is 1.77. The lowest BCUT2D eigenvalue weighted by atomic mass is 9.84.